The summed E-state index contributed by atoms with van der Waals surface area (Å²) in [5, 5.41) is 2.80. The highest BCUT2D eigenvalue weighted by atomic mass is 19.4. The molecule has 1 amide bonds. The molecule has 3 heterocycles. The predicted molar refractivity (Wildman–Crippen MR) is 108 cm³/mol. The Morgan fingerprint density at radius 3 is 2.74 bits per heavy atom. The van der Waals surface area contributed by atoms with E-state index in [2.05, 4.69) is 20.2 Å². The number of amides is 1. The van der Waals surface area contributed by atoms with Crippen molar-refractivity contribution in [1.29, 1.82) is 0 Å². The molecule has 2 aliphatic heterocycles. The second-order valence-corrected chi connectivity index (χ2v) is 8.17. The van der Waals surface area contributed by atoms with Gasteiger partial charge in [0.1, 0.15) is 12.1 Å². The number of hydrogen-bond donors (Lipinski definition) is 1. The molecule has 0 aliphatic carbocycles. The summed E-state index contributed by atoms with van der Waals surface area (Å²) in [6.07, 6.45) is 0.798. The zero-order chi connectivity index (χ0) is 21.8. The fourth-order valence-corrected chi connectivity index (χ4v) is 4.42. The zero-order valence-corrected chi connectivity index (χ0v) is 17.0. The number of benzene rings is 1. The average Bonchev–Trinajstić information content (AvgIpc) is 3.19. The molecule has 166 valence electrons. The fourth-order valence-electron chi connectivity index (χ4n) is 4.42. The van der Waals surface area contributed by atoms with Crippen molar-refractivity contribution in [2.24, 2.45) is 11.8 Å². The van der Waals surface area contributed by atoms with Gasteiger partial charge in [-0.1, -0.05) is 12.1 Å². The van der Waals surface area contributed by atoms with Crippen LogP contribution in [0.3, 0.4) is 0 Å². The fraction of sp³-hybridized carbons (Fsp3) is 0.500. The molecule has 2 aromatic rings. The van der Waals surface area contributed by atoms with E-state index >= 15 is 0 Å². The number of ether oxygens (including phenoxy) is 1. The van der Waals surface area contributed by atoms with Crippen LogP contribution in [0.15, 0.2) is 42.9 Å². The highest BCUT2D eigenvalue weighted by Gasteiger charge is 2.39. The van der Waals surface area contributed by atoms with Gasteiger partial charge < -0.3 is 10.1 Å². The van der Waals surface area contributed by atoms with Crippen LogP contribution in [0.1, 0.15) is 36.4 Å². The molecule has 6 nitrogen and oxygen atoms in total. The van der Waals surface area contributed by atoms with Crippen LogP contribution in [0, 0.1) is 11.8 Å². The molecule has 0 saturated carbocycles. The van der Waals surface area contributed by atoms with Crippen molar-refractivity contribution >= 4 is 11.7 Å². The van der Waals surface area contributed by atoms with Crippen LogP contribution in [0.5, 0.6) is 0 Å². The Labute approximate surface area is 178 Å². The minimum atomic E-state index is -4.40. The number of hydrogen-bond acceptors (Lipinski definition) is 5. The third kappa shape index (κ3) is 5.40. The summed E-state index contributed by atoms with van der Waals surface area (Å²) in [6.45, 7) is 2.63. The van der Waals surface area contributed by atoms with E-state index in [1.54, 1.807) is 18.3 Å². The number of nitrogens with zero attached hydrogens (tertiary/aromatic N) is 3. The van der Waals surface area contributed by atoms with Crippen LogP contribution in [-0.4, -0.2) is 47.1 Å². The Kier molecular flexibility index (Phi) is 6.52. The van der Waals surface area contributed by atoms with E-state index in [-0.39, 0.29) is 17.9 Å². The number of alkyl halides is 3. The van der Waals surface area contributed by atoms with Gasteiger partial charge in [-0.25, -0.2) is 9.97 Å². The van der Waals surface area contributed by atoms with E-state index in [1.165, 1.54) is 18.5 Å². The Balaban J connectivity index is 1.54. The largest absolute Gasteiger partial charge is 0.416 e. The van der Waals surface area contributed by atoms with Gasteiger partial charge in [0.15, 0.2) is 0 Å². The smallest absolute Gasteiger partial charge is 0.381 e. The first kappa shape index (κ1) is 21.7. The number of carbonyl (C=O) groups is 1. The van der Waals surface area contributed by atoms with Crippen LogP contribution >= 0.6 is 0 Å². The summed E-state index contributed by atoms with van der Waals surface area (Å²) in [7, 11) is 0. The summed E-state index contributed by atoms with van der Waals surface area (Å²) >= 11 is 0. The van der Waals surface area contributed by atoms with Crippen LogP contribution in [0.25, 0.3) is 0 Å². The molecule has 0 radical (unpaired) electrons. The first-order valence-electron chi connectivity index (χ1n) is 10.5. The summed E-state index contributed by atoms with van der Waals surface area (Å²) in [5.74, 6) is 0.309. The van der Waals surface area contributed by atoms with Crippen molar-refractivity contribution < 1.29 is 22.7 Å². The highest BCUT2D eigenvalue weighted by Crippen LogP contribution is 2.39. The summed E-state index contributed by atoms with van der Waals surface area (Å²) in [6, 6.07) is 6.83. The maximum absolute atomic E-state index is 13.3. The van der Waals surface area contributed by atoms with Gasteiger partial charge in [-0.3, -0.25) is 9.69 Å². The van der Waals surface area contributed by atoms with Crippen LogP contribution in [0.4, 0.5) is 19.0 Å². The van der Waals surface area contributed by atoms with Crippen molar-refractivity contribution in [1.82, 2.24) is 14.9 Å². The molecule has 2 fully saturated rings. The molecule has 1 aromatic heterocycles. The van der Waals surface area contributed by atoms with E-state index in [0.29, 0.717) is 43.5 Å². The molecule has 31 heavy (non-hydrogen) atoms. The average molecular weight is 434 g/mol. The number of aromatic nitrogens is 2. The maximum Gasteiger partial charge on any atom is 0.416 e. The van der Waals surface area contributed by atoms with Gasteiger partial charge in [0.05, 0.1) is 11.5 Å². The van der Waals surface area contributed by atoms with Gasteiger partial charge in [-0.2, -0.15) is 13.2 Å². The van der Waals surface area contributed by atoms with Crippen molar-refractivity contribution in [2.75, 3.05) is 31.6 Å². The van der Waals surface area contributed by atoms with E-state index < -0.39 is 11.7 Å². The highest BCUT2D eigenvalue weighted by molar-refractivity contribution is 5.92. The second kappa shape index (κ2) is 9.32. The number of rotatable bonds is 5. The molecule has 1 aromatic carbocycles. The monoisotopic (exact) mass is 434 g/mol. The number of nitrogens with one attached hydrogen (secondary N) is 1. The predicted octanol–water partition coefficient (Wildman–Crippen LogP) is 3.92. The topological polar surface area (TPSA) is 67.4 Å². The lowest BCUT2D eigenvalue weighted by atomic mass is 9.96. The molecule has 9 heteroatoms. The molecule has 0 unspecified atom stereocenters. The minimum Gasteiger partial charge on any atom is -0.381 e. The van der Waals surface area contributed by atoms with Gasteiger partial charge in [0.25, 0.3) is 0 Å². The van der Waals surface area contributed by atoms with Gasteiger partial charge in [0, 0.05) is 38.5 Å². The molecular weight excluding hydrogens is 409 g/mol. The summed E-state index contributed by atoms with van der Waals surface area (Å²) in [5.41, 5.74) is -0.0656. The molecule has 0 spiro atoms. The van der Waals surface area contributed by atoms with E-state index in [1.807, 2.05) is 0 Å². The molecule has 1 N–H and O–H groups in total. The molecule has 2 aliphatic rings. The Morgan fingerprint density at radius 2 is 2.03 bits per heavy atom. The van der Waals surface area contributed by atoms with Crippen LogP contribution in [-0.2, 0) is 15.7 Å². The third-order valence-corrected chi connectivity index (χ3v) is 6.04. The normalized spacial score (nSPS) is 23.1. The lowest BCUT2D eigenvalue weighted by Crippen LogP contribution is -2.34. The van der Waals surface area contributed by atoms with E-state index in [9.17, 15) is 18.0 Å². The lowest BCUT2D eigenvalue weighted by molar-refractivity contribution is -0.137. The Morgan fingerprint density at radius 1 is 1.23 bits per heavy atom. The zero-order valence-electron chi connectivity index (χ0n) is 17.0. The van der Waals surface area contributed by atoms with Crippen LogP contribution in [0.2, 0.25) is 0 Å². The number of likely N-dealkylation sites (tertiary alicyclic amines) is 1. The van der Waals surface area contributed by atoms with Crippen molar-refractivity contribution in [3.8, 4) is 0 Å². The van der Waals surface area contributed by atoms with Crippen molar-refractivity contribution in [3.05, 3.63) is 54.0 Å². The van der Waals surface area contributed by atoms with Crippen molar-refractivity contribution in [3.63, 3.8) is 0 Å². The molecule has 2 saturated heterocycles. The number of anilines is 1. The van der Waals surface area contributed by atoms with Gasteiger partial charge in [-0.15, -0.1) is 0 Å². The number of carbonyl (C=O) groups excluding carboxylic acids is 1. The summed E-state index contributed by atoms with van der Waals surface area (Å²) in [4.78, 5) is 22.9. The molecular formula is C22H25F3N4O2. The first-order valence-corrected chi connectivity index (χ1v) is 10.5. The molecule has 0 bridgehead atoms. The SMILES string of the molecule is O=C(Nc1ccncn1)[C@@H]1C[C@@H](c2cccc(C(F)(F)F)c2)N(CC2CCOCC2)C1. The van der Waals surface area contributed by atoms with Gasteiger partial charge in [0.2, 0.25) is 5.91 Å². The number of halogens is 3. The van der Waals surface area contributed by atoms with Crippen molar-refractivity contribution in [2.45, 2.75) is 31.5 Å². The quantitative estimate of drug-likeness (QED) is 0.773. The van der Waals surface area contributed by atoms with E-state index in [4.69, 9.17) is 4.74 Å². The Bertz CT molecular complexity index is 888. The third-order valence-electron chi connectivity index (χ3n) is 6.04. The Hall–Kier alpha value is -2.52. The second-order valence-electron chi connectivity index (χ2n) is 8.17. The minimum absolute atomic E-state index is 0.176. The maximum atomic E-state index is 13.3. The first-order chi connectivity index (χ1) is 14.9. The van der Waals surface area contributed by atoms with Gasteiger partial charge in [-0.05, 0) is 48.9 Å². The molecule has 2 atom stereocenters. The summed E-state index contributed by atoms with van der Waals surface area (Å²) < 4.78 is 45.2. The van der Waals surface area contributed by atoms with Gasteiger partial charge >= 0.3 is 6.18 Å². The molecule has 4 rings (SSSR count). The lowest BCUT2D eigenvalue weighted by Gasteiger charge is -2.31. The van der Waals surface area contributed by atoms with E-state index in [0.717, 1.165) is 25.5 Å². The standard InChI is InChI=1S/C22H25F3N4O2/c23-22(24,25)18-3-1-2-16(10-18)19-11-17(21(30)28-20-4-7-26-14-27-20)13-29(19)12-15-5-8-31-9-6-15/h1-4,7,10,14-15,17,19H,5-6,8-9,11-13H2,(H,26,27,28,30)/t17-,19+/m1/s1. The van der Waals surface area contributed by atoms with Crippen LogP contribution < -0.4 is 5.32 Å².